The Morgan fingerprint density at radius 1 is 1.28 bits per heavy atom. The van der Waals surface area contributed by atoms with Crippen molar-refractivity contribution >= 4 is 28.2 Å². The quantitative estimate of drug-likeness (QED) is 0.732. The first kappa shape index (κ1) is 17.6. The summed E-state index contributed by atoms with van der Waals surface area (Å²) < 4.78 is 0. The van der Waals surface area contributed by atoms with Gasteiger partial charge in [-0.1, -0.05) is 17.7 Å². The molecule has 0 saturated heterocycles. The van der Waals surface area contributed by atoms with E-state index in [1.807, 2.05) is 30.5 Å². The van der Waals surface area contributed by atoms with Crippen LogP contribution in [0.5, 0.6) is 0 Å². The summed E-state index contributed by atoms with van der Waals surface area (Å²) in [5, 5.41) is 8.85. The molecule has 6 heteroatoms. The fraction of sp³-hybridized carbons (Fsp3) is 0.421. The second-order valence-electron chi connectivity index (χ2n) is 6.32. The smallest absolute Gasteiger partial charge is 0.226 e. The van der Waals surface area contributed by atoms with Gasteiger partial charge in [-0.3, -0.25) is 4.79 Å². The highest BCUT2D eigenvalue weighted by Gasteiger charge is 2.09. The number of hydrogen-bond donors (Lipinski definition) is 2. The summed E-state index contributed by atoms with van der Waals surface area (Å²) >= 11 is 1.49. The van der Waals surface area contributed by atoms with Crippen LogP contribution in [0.4, 0.5) is 10.9 Å². The second-order valence-corrected chi connectivity index (χ2v) is 7.18. The molecule has 0 bridgehead atoms. The lowest BCUT2D eigenvalue weighted by atomic mass is 9.97. The molecule has 0 aromatic carbocycles. The number of anilines is 2. The zero-order valence-electron chi connectivity index (χ0n) is 14.5. The van der Waals surface area contributed by atoms with Gasteiger partial charge in [-0.25, -0.2) is 9.97 Å². The van der Waals surface area contributed by atoms with Crippen molar-refractivity contribution < 1.29 is 4.79 Å². The van der Waals surface area contributed by atoms with Gasteiger partial charge in [0.15, 0.2) is 5.13 Å². The minimum Gasteiger partial charge on any atom is -0.355 e. The van der Waals surface area contributed by atoms with E-state index in [1.54, 1.807) is 0 Å². The number of aromatic nitrogens is 2. The molecule has 2 aromatic rings. The van der Waals surface area contributed by atoms with Crippen molar-refractivity contribution in [3.63, 3.8) is 0 Å². The topological polar surface area (TPSA) is 66.9 Å². The van der Waals surface area contributed by atoms with E-state index in [9.17, 15) is 4.79 Å². The predicted molar refractivity (Wildman–Crippen MR) is 102 cm³/mol. The molecule has 2 N–H and O–H groups in total. The number of hydrogen-bond acceptors (Lipinski definition) is 5. The summed E-state index contributed by atoms with van der Waals surface area (Å²) in [6.45, 7) is 2.67. The summed E-state index contributed by atoms with van der Waals surface area (Å²) in [7, 11) is 0. The first-order valence-electron chi connectivity index (χ1n) is 8.79. The number of rotatable bonds is 7. The average molecular weight is 356 g/mol. The molecule has 5 nitrogen and oxygen atoms in total. The molecule has 0 atom stereocenters. The van der Waals surface area contributed by atoms with E-state index in [1.165, 1.54) is 42.6 Å². The number of aryl methyl sites for hydroxylation is 1. The van der Waals surface area contributed by atoms with Crippen LogP contribution in [0.2, 0.25) is 0 Å². The molecular formula is C19H24N4OS. The van der Waals surface area contributed by atoms with Crippen LogP contribution in [0.3, 0.4) is 0 Å². The van der Waals surface area contributed by atoms with Crippen molar-refractivity contribution in [2.75, 3.05) is 11.9 Å². The summed E-state index contributed by atoms with van der Waals surface area (Å²) in [6, 6.07) is 5.81. The molecule has 0 fully saturated rings. The van der Waals surface area contributed by atoms with E-state index >= 15 is 0 Å². The molecule has 0 spiro atoms. The van der Waals surface area contributed by atoms with Gasteiger partial charge in [0.2, 0.25) is 5.91 Å². The molecule has 1 amide bonds. The number of allylic oxidation sites excluding steroid dienone is 1. The summed E-state index contributed by atoms with van der Waals surface area (Å²) in [6.07, 6.45) is 8.57. The fourth-order valence-electron chi connectivity index (χ4n) is 2.89. The largest absolute Gasteiger partial charge is 0.355 e. The van der Waals surface area contributed by atoms with E-state index in [-0.39, 0.29) is 5.91 Å². The highest BCUT2D eigenvalue weighted by atomic mass is 32.1. The Balaban J connectivity index is 1.44. The third-order valence-corrected chi connectivity index (χ3v) is 4.98. The minimum atomic E-state index is 0.0296. The third kappa shape index (κ3) is 5.67. The van der Waals surface area contributed by atoms with Crippen molar-refractivity contribution in [2.45, 2.75) is 45.4 Å². The number of nitrogens with zero attached hydrogens (tertiary/aromatic N) is 2. The minimum absolute atomic E-state index is 0.0296. The monoisotopic (exact) mass is 356 g/mol. The molecule has 2 heterocycles. The van der Waals surface area contributed by atoms with Crippen LogP contribution in [0.1, 0.15) is 43.5 Å². The number of nitrogens with one attached hydrogen (secondary N) is 2. The Morgan fingerprint density at radius 2 is 2.20 bits per heavy atom. The number of carbonyl (C=O) groups excluding carboxylic acids is 1. The van der Waals surface area contributed by atoms with Gasteiger partial charge >= 0.3 is 0 Å². The molecule has 0 aliphatic heterocycles. The summed E-state index contributed by atoms with van der Waals surface area (Å²) in [4.78, 5) is 20.9. The van der Waals surface area contributed by atoms with Crippen molar-refractivity contribution in [1.82, 2.24) is 15.3 Å². The maximum atomic E-state index is 12.1. The first-order chi connectivity index (χ1) is 12.2. The number of amides is 1. The lowest BCUT2D eigenvalue weighted by Crippen LogP contribution is -2.26. The Morgan fingerprint density at radius 3 is 3.00 bits per heavy atom. The number of pyridine rings is 1. The zero-order valence-corrected chi connectivity index (χ0v) is 15.4. The summed E-state index contributed by atoms with van der Waals surface area (Å²) in [5.41, 5.74) is 3.22. The highest BCUT2D eigenvalue weighted by Crippen LogP contribution is 2.21. The van der Waals surface area contributed by atoms with E-state index in [4.69, 9.17) is 0 Å². The van der Waals surface area contributed by atoms with Gasteiger partial charge in [0.25, 0.3) is 0 Å². The van der Waals surface area contributed by atoms with Gasteiger partial charge < -0.3 is 10.6 Å². The maximum absolute atomic E-state index is 12.1. The number of thiazole rings is 1. The van der Waals surface area contributed by atoms with Crippen LogP contribution >= 0.6 is 11.3 Å². The standard InChI is InChI=1S/C19H24N4OS/c1-14-6-5-9-17(21-14)23-19-22-16(13-25-19)12-18(24)20-11-10-15-7-3-2-4-8-15/h5-7,9,13H,2-4,8,10-12H2,1H3,(H,20,24)(H,21,22,23). The third-order valence-electron chi connectivity index (χ3n) is 4.17. The zero-order chi connectivity index (χ0) is 17.5. The van der Waals surface area contributed by atoms with Crippen LogP contribution in [0, 0.1) is 6.92 Å². The normalized spacial score (nSPS) is 14.0. The van der Waals surface area contributed by atoms with Crippen molar-refractivity contribution in [3.05, 3.63) is 46.6 Å². The predicted octanol–water partition coefficient (Wildman–Crippen LogP) is 4.14. The van der Waals surface area contributed by atoms with Gasteiger partial charge in [0, 0.05) is 17.6 Å². The molecule has 132 valence electrons. The van der Waals surface area contributed by atoms with Gasteiger partial charge in [-0.05, 0) is 51.2 Å². The molecule has 0 unspecified atom stereocenters. The van der Waals surface area contributed by atoms with E-state index < -0.39 is 0 Å². The molecule has 0 radical (unpaired) electrons. The summed E-state index contributed by atoms with van der Waals surface area (Å²) in [5.74, 6) is 0.799. The average Bonchev–Trinajstić information content (AvgIpc) is 3.02. The van der Waals surface area contributed by atoms with Gasteiger partial charge in [-0.2, -0.15) is 0 Å². The van der Waals surface area contributed by atoms with E-state index in [0.717, 1.165) is 28.8 Å². The van der Waals surface area contributed by atoms with Crippen LogP contribution < -0.4 is 10.6 Å². The van der Waals surface area contributed by atoms with Gasteiger partial charge in [0.1, 0.15) is 5.82 Å². The number of carbonyl (C=O) groups is 1. The molecule has 0 saturated carbocycles. The van der Waals surface area contributed by atoms with E-state index in [2.05, 4.69) is 26.7 Å². The molecule has 3 rings (SSSR count). The van der Waals surface area contributed by atoms with Crippen LogP contribution in [0.25, 0.3) is 0 Å². The second kappa shape index (κ2) is 8.76. The van der Waals surface area contributed by atoms with Crippen LogP contribution in [-0.4, -0.2) is 22.4 Å². The van der Waals surface area contributed by atoms with Crippen LogP contribution in [0.15, 0.2) is 35.2 Å². The maximum Gasteiger partial charge on any atom is 0.226 e. The molecule has 25 heavy (non-hydrogen) atoms. The SMILES string of the molecule is Cc1cccc(Nc2nc(CC(=O)NCCC3=CCCCC3)cs2)n1. The van der Waals surface area contributed by atoms with Crippen molar-refractivity contribution in [3.8, 4) is 0 Å². The lowest BCUT2D eigenvalue weighted by molar-refractivity contribution is -0.120. The Bertz CT molecular complexity index is 753. The van der Waals surface area contributed by atoms with Gasteiger partial charge in [-0.15, -0.1) is 11.3 Å². The Labute approximate surface area is 152 Å². The molecule has 1 aliphatic carbocycles. The van der Waals surface area contributed by atoms with E-state index in [0.29, 0.717) is 13.0 Å². The first-order valence-corrected chi connectivity index (χ1v) is 9.67. The van der Waals surface area contributed by atoms with Crippen LogP contribution in [-0.2, 0) is 11.2 Å². The molecule has 2 aromatic heterocycles. The van der Waals surface area contributed by atoms with Gasteiger partial charge in [0.05, 0.1) is 12.1 Å². The molecule has 1 aliphatic rings. The lowest BCUT2D eigenvalue weighted by Gasteiger charge is -2.12. The molecular weight excluding hydrogens is 332 g/mol. The van der Waals surface area contributed by atoms with Crippen molar-refractivity contribution in [1.29, 1.82) is 0 Å². The highest BCUT2D eigenvalue weighted by molar-refractivity contribution is 7.13. The Kier molecular flexibility index (Phi) is 6.17. The Hall–Kier alpha value is -2.21. The fourth-order valence-corrected chi connectivity index (χ4v) is 3.61. The van der Waals surface area contributed by atoms with Crippen molar-refractivity contribution in [2.24, 2.45) is 0 Å².